The number of halogens is 2. The molecule has 1 aromatic heterocycles. The number of benzene rings is 2. The van der Waals surface area contributed by atoms with Crippen LogP contribution >= 0.6 is 31.9 Å². The highest BCUT2D eigenvalue weighted by Gasteiger charge is 2.35. The molecule has 3 aliphatic heterocycles. The molecular formula is C32H36Br2N8O4. The van der Waals surface area contributed by atoms with E-state index < -0.39 is 12.2 Å². The smallest absolute Gasteiger partial charge is 0.410 e. The minimum atomic E-state index is -0.986. The SMILES string of the molecule is Nc1ncc(N2CCN(C(=O)[C@@H](Cc3ccc(Br)c(Br)c3)OC(=O)N3CCC(N4CCc5ccccc5NC4=O)CC3)CC2)cn1. The summed E-state index contributed by atoms with van der Waals surface area (Å²) in [5.74, 6) is -0.0132. The molecule has 1 atom stereocenters. The molecule has 0 aliphatic carbocycles. The Labute approximate surface area is 284 Å². The van der Waals surface area contributed by atoms with Gasteiger partial charge in [-0.05, 0) is 80.4 Å². The number of nitrogens with zero attached hydrogens (tertiary/aromatic N) is 6. The largest absolute Gasteiger partial charge is 0.436 e. The van der Waals surface area contributed by atoms with Crippen LogP contribution in [0.3, 0.4) is 0 Å². The van der Waals surface area contributed by atoms with Crippen molar-refractivity contribution in [2.45, 2.75) is 37.8 Å². The maximum atomic E-state index is 13.9. The molecule has 12 nitrogen and oxygen atoms in total. The molecule has 2 aromatic carbocycles. The van der Waals surface area contributed by atoms with Crippen molar-refractivity contribution in [3.8, 4) is 0 Å². The van der Waals surface area contributed by atoms with Crippen molar-refractivity contribution in [3.05, 3.63) is 74.9 Å². The van der Waals surface area contributed by atoms with Crippen molar-refractivity contribution < 1.29 is 19.1 Å². The van der Waals surface area contributed by atoms with E-state index in [2.05, 4.69) is 52.0 Å². The lowest BCUT2D eigenvalue weighted by molar-refractivity contribution is -0.141. The van der Waals surface area contributed by atoms with Crippen molar-refractivity contribution in [1.29, 1.82) is 0 Å². The number of hydrogen-bond acceptors (Lipinski definition) is 8. The van der Waals surface area contributed by atoms with Crippen molar-refractivity contribution in [1.82, 2.24) is 24.7 Å². The van der Waals surface area contributed by atoms with E-state index in [0.717, 1.165) is 37.9 Å². The second-order valence-corrected chi connectivity index (χ2v) is 13.4. The third-order valence-electron chi connectivity index (χ3n) is 8.84. The minimum absolute atomic E-state index is 0.0126. The van der Waals surface area contributed by atoms with Crippen LogP contribution in [0.2, 0.25) is 0 Å². The molecule has 0 unspecified atom stereocenters. The van der Waals surface area contributed by atoms with Crippen LogP contribution in [0.5, 0.6) is 0 Å². The van der Waals surface area contributed by atoms with Crippen LogP contribution in [-0.2, 0) is 22.4 Å². The fraction of sp³-hybridized carbons (Fsp3) is 0.406. The highest BCUT2D eigenvalue weighted by molar-refractivity contribution is 9.13. The average molecular weight is 756 g/mol. The standard InChI is InChI=1S/C32H36Br2N8O4/c33-25-6-5-21(17-26(25)34)18-28(29(43)40-15-13-39(14-16-40)24-19-36-30(35)37-20-24)46-32(45)41-10-8-23(9-11-41)42-12-7-22-3-1-2-4-27(22)38-31(42)44/h1-6,17,19-20,23,28H,7-16,18H2,(H,38,44)(H2,35,36,37)/t28-/m1/s1. The summed E-state index contributed by atoms with van der Waals surface area (Å²) in [4.78, 5) is 56.0. The second kappa shape index (κ2) is 14.2. The van der Waals surface area contributed by atoms with Gasteiger partial charge in [0.25, 0.3) is 5.91 Å². The monoisotopic (exact) mass is 754 g/mol. The Morgan fingerprint density at radius 1 is 0.935 bits per heavy atom. The predicted octanol–water partition coefficient (Wildman–Crippen LogP) is 4.53. The molecule has 3 aromatic rings. The summed E-state index contributed by atoms with van der Waals surface area (Å²) in [7, 11) is 0. The number of para-hydroxylation sites is 1. The number of hydrogen-bond donors (Lipinski definition) is 2. The number of ether oxygens (including phenoxy) is 1. The fourth-order valence-corrected chi connectivity index (χ4v) is 6.91. The Balaban J connectivity index is 1.08. The van der Waals surface area contributed by atoms with Gasteiger partial charge in [0.05, 0.1) is 18.1 Å². The second-order valence-electron chi connectivity index (χ2n) is 11.7. The molecule has 2 saturated heterocycles. The van der Waals surface area contributed by atoms with Gasteiger partial charge in [0.2, 0.25) is 5.95 Å². The Hall–Kier alpha value is -3.91. The van der Waals surface area contributed by atoms with Crippen LogP contribution in [0.25, 0.3) is 0 Å². The zero-order valence-corrected chi connectivity index (χ0v) is 28.5. The van der Waals surface area contributed by atoms with Gasteiger partial charge in [-0.25, -0.2) is 19.6 Å². The lowest BCUT2D eigenvalue weighted by atomic mass is 10.0. The fourth-order valence-electron chi connectivity index (χ4n) is 6.24. The molecule has 3 N–H and O–H groups in total. The Morgan fingerprint density at radius 2 is 1.65 bits per heavy atom. The highest BCUT2D eigenvalue weighted by atomic mass is 79.9. The Bertz CT molecular complexity index is 1580. The quantitative estimate of drug-likeness (QED) is 0.375. The number of amides is 4. The van der Waals surface area contributed by atoms with Gasteiger partial charge in [0.1, 0.15) is 0 Å². The highest BCUT2D eigenvalue weighted by Crippen LogP contribution is 2.27. The first-order valence-corrected chi connectivity index (χ1v) is 17.0. The number of piperazine rings is 1. The summed E-state index contributed by atoms with van der Waals surface area (Å²) in [6.45, 7) is 3.61. The van der Waals surface area contributed by atoms with Crippen molar-refractivity contribution >= 4 is 67.2 Å². The van der Waals surface area contributed by atoms with E-state index in [0.29, 0.717) is 58.7 Å². The molecule has 46 heavy (non-hydrogen) atoms. The third-order valence-corrected chi connectivity index (χ3v) is 10.7. The van der Waals surface area contributed by atoms with Gasteiger partial charge < -0.3 is 35.4 Å². The molecule has 0 radical (unpaired) electrons. The first-order chi connectivity index (χ1) is 22.2. The van der Waals surface area contributed by atoms with Gasteiger partial charge in [0.15, 0.2) is 6.10 Å². The summed E-state index contributed by atoms with van der Waals surface area (Å²) in [5.41, 5.74) is 9.31. The Kier molecular flexibility index (Phi) is 9.92. The number of anilines is 3. The first-order valence-electron chi connectivity index (χ1n) is 15.4. The molecule has 0 bridgehead atoms. The molecule has 3 aliphatic rings. The number of nitrogen functional groups attached to an aromatic ring is 1. The maximum absolute atomic E-state index is 13.9. The third kappa shape index (κ3) is 7.38. The van der Waals surface area contributed by atoms with E-state index >= 15 is 0 Å². The van der Waals surface area contributed by atoms with Gasteiger partial charge in [-0.3, -0.25) is 4.79 Å². The summed E-state index contributed by atoms with van der Waals surface area (Å²) in [6, 6.07) is 13.5. The summed E-state index contributed by atoms with van der Waals surface area (Å²) in [6.07, 6.45) is 4.14. The number of rotatable bonds is 6. The van der Waals surface area contributed by atoms with E-state index in [-0.39, 0.29) is 30.3 Å². The number of nitrogens with one attached hydrogen (secondary N) is 1. The zero-order valence-electron chi connectivity index (χ0n) is 25.3. The van der Waals surface area contributed by atoms with Crippen LogP contribution < -0.4 is 16.0 Å². The molecule has 4 amide bonds. The molecule has 14 heteroatoms. The van der Waals surface area contributed by atoms with Gasteiger partial charge >= 0.3 is 12.1 Å². The number of fused-ring (bicyclic) bond motifs is 1. The molecule has 6 rings (SSSR count). The molecule has 0 spiro atoms. The van der Waals surface area contributed by atoms with Crippen LogP contribution in [0, 0.1) is 0 Å². The molecular weight excluding hydrogens is 720 g/mol. The summed E-state index contributed by atoms with van der Waals surface area (Å²) >= 11 is 7.03. The minimum Gasteiger partial charge on any atom is -0.436 e. The van der Waals surface area contributed by atoms with Crippen LogP contribution in [0.15, 0.2) is 63.8 Å². The van der Waals surface area contributed by atoms with Crippen molar-refractivity contribution in [2.24, 2.45) is 0 Å². The van der Waals surface area contributed by atoms with E-state index in [4.69, 9.17) is 10.5 Å². The molecule has 242 valence electrons. The first kappa shape index (κ1) is 32.0. The number of piperidine rings is 1. The topological polar surface area (TPSA) is 137 Å². The van der Waals surface area contributed by atoms with Crippen molar-refractivity contribution in [2.75, 3.05) is 61.8 Å². The Morgan fingerprint density at radius 3 is 2.37 bits per heavy atom. The lowest BCUT2D eigenvalue weighted by Crippen LogP contribution is -2.54. The van der Waals surface area contributed by atoms with E-state index in [1.54, 1.807) is 22.2 Å². The van der Waals surface area contributed by atoms with Gasteiger partial charge in [-0.2, -0.15) is 0 Å². The number of likely N-dealkylation sites (tertiary alicyclic amines) is 1. The maximum Gasteiger partial charge on any atom is 0.410 e. The van der Waals surface area contributed by atoms with Gasteiger partial charge in [-0.15, -0.1) is 0 Å². The number of nitrogens with two attached hydrogens (primary N) is 1. The van der Waals surface area contributed by atoms with Crippen LogP contribution in [-0.4, -0.2) is 101 Å². The molecule has 2 fully saturated rings. The van der Waals surface area contributed by atoms with E-state index in [1.807, 2.05) is 47.4 Å². The molecule has 0 saturated carbocycles. The zero-order chi connectivity index (χ0) is 32.2. The molecule has 4 heterocycles. The van der Waals surface area contributed by atoms with Gasteiger partial charge in [-0.1, -0.05) is 24.3 Å². The average Bonchev–Trinajstić information content (AvgIpc) is 3.24. The number of aromatic nitrogens is 2. The number of urea groups is 1. The number of carbonyl (C=O) groups excluding carboxylic acids is 3. The summed E-state index contributed by atoms with van der Waals surface area (Å²) < 4.78 is 7.74. The normalized spacial score (nSPS) is 18.0. The van der Waals surface area contributed by atoms with E-state index in [9.17, 15) is 14.4 Å². The van der Waals surface area contributed by atoms with Crippen molar-refractivity contribution in [3.63, 3.8) is 0 Å². The summed E-state index contributed by atoms with van der Waals surface area (Å²) in [5, 5.41) is 3.04. The lowest BCUT2D eigenvalue weighted by Gasteiger charge is -2.39. The predicted molar refractivity (Wildman–Crippen MR) is 182 cm³/mol. The van der Waals surface area contributed by atoms with Gasteiger partial charge in [0, 0.05) is 72.9 Å². The van der Waals surface area contributed by atoms with Crippen LogP contribution in [0.4, 0.5) is 26.9 Å². The van der Waals surface area contributed by atoms with Crippen LogP contribution in [0.1, 0.15) is 24.0 Å². The van der Waals surface area contributed by atoms with E-state index in [1.165, 1.54) is 0 Å². The number of carbonyl (C=O) groups is 3.